The predicted molar refractivity (Wildman–Crippen MR) is 147 cm³/mol. The topological polar surface area (TPSA) is 61.9 Å². The molecule has 2 unspecified atom stereocenters. The Hall–Kier alpha value is -3.58. The van der Waals surface area contributed by atoms with Gasteiger partial charge in [0, 0.05) is 50.2 Å². The van der Waals surface area contributed by atoms with Gasteiger partial charge in [-0.05, 0) is 54.8 Å². The first kappa shape index (κ1) is 26.0. The molecule has 2 aliphatic rings. The Morgan fingerprint density at radius 1 is 1.00 bits per heavy atom. The first-order valence-corrected chi connectivity index (χ1v) is 13.3. The van der Waals surface area contributed by atoms with E-state index in [0.717, 1.165) is 25.9 Å². The van der Waals surface area contributed by atoms with Crippen molar-refractivity contribution in [3.05, 3.63) is 94.3 Å². The van der Waals surface area contributed by atoms with Crippen molar-refractivity contribution in [1.29, 1.82) is 0 Å². The molecule has 6 nitrogen and oxygen atoms in total. The van der Waals surface area contributed by atoms with E-state index in [2.05, 4.69) is 34.5 Å². The molecule has 38 heavy (non-hydrogen) atoms. The van der Waals surface area contributed by atoms with E-state index in [4.69, 9.17) is 16.3 Å². The number of anilines is 1. The van der Waals surface area contributed by atoms with E-state index in [-0.39, 0.29) is 22.4 Å². The van der Waals surface area contributed by atoms with Crippen LogP contribution < -0.4 is 15.0 Å². The first-order valence-electron chi connectivity index (χ1n) is 12.9. The van der Waals surface area contributed by atoms with Crippen LogP contribution in [0.25, 0.3) is 0 Å². The summed E-state index contributed by atoms with van der Waals surface area (Å²) in [7, 11) is 1.56. The minimum absolute atomic E-state index is 0.0298. The molecule has 0 spiro atoms. The van der Waals surface area contributed by atoms with Crippen molar-refractivity contribution in [3.8, 4) is 5.75 Å². The fourth-order valence-corrected chi connectivity index (χ4v) is 5.80. The average molecular weight is 536 g/mol. The summed E-state index contributed by atoms with van der Waals surface area (Å²) in [6.45, 7) is 3.51. The highest BCUT2D eigenvalue weighted by Crippen LogP contribution is 2.35. The Labute approximate surface area is 227 Å². The number of carbonyl (C=O) groups excluding carboxylic acids is 2. The van der Waals surface area contributed by atoms with Gasteiger partial charge in [0.1, 0.15) is 11.6 Å². The molecule has 2 saturated heterocycles. The Balaban J connectivity index is 1.12. The molecule has 3 aromatic rings. The van der Waals surface area contributed by atoms with Gasteiger partial charge < -0.3 is 19.9 Å². The summed E-state index contributed by atoms with van der Waals surface area (Å²) in [5.74, 6) is 0.226. The van der Waals surface area contributed by atoms with E-state index in [1.807, 2.05) is 12.1 Å². The van der Waals surface area contributed by atoms with Crippen molar-refractivity contribution >= 4 is 29.1 Å². The van der Waals surface area contributed by atoms with Gasteiger partial charge in [0.05, 0.1) is 23.3 Å². The van der Waals surface area contributed by atoms with Crippen LogP contribution in [0, 0.1) is 17.7 Å². The summed E-state index contributed by atoms with van der Waals surface area (Å²) < 4.78 is 19.5. The minimum Gasteiger partial charge on any atom is -0.496 e. The maximum atomic E-state index is 14.3. The van der Waals surface area contributed by atoms with Crippen LogP contribution >= 0.6 is 11.6 Å². The molecule has 3 aromatic carbocycles. The number of benzene rings is 3. The van der Waals surface area contributed by atoms with E-state index in [9.17, 15) is 14.0 Å². The predicted octanol–water partition coefficient (Wildman–Crippen LogP) is 5.06. The number of ether oxygens (including phenoxy) is 1. The van der Waals surface area contributed by atoms with Gasteiger partial charge in [0.25, 0.3) is 11.8 Å². The van der Waals surface area contributed by atoms with Crippen LogP contribution in [0.15, 0.2) is 66.7 Å². The lowest BCUT2D eigenvalue weighted by Gasteiger charge is -2.24. The number of likely N-dealkylation sites (tertiary alicyclic amines) is 1. The molecular weight excluding hydrogens is 505 g/mol. The molecule has 5 rings (SSSR count). The number of nitrogens with zero attached hydrogens (tertiary/aromatic N) is 2. The highest BCUT2D eigenvalue weighted by molar-refractivity contribution is 6.33. The SMILES string of the molecule is COc1ccccc1C(=O)NCCCc1cccc(N2CC3CN(C(=O)c4c(F)cccc4Cl)CC3C2)c1. The molecule has 1 N–H and O–H groups in total. The second-order valence-corrected chi connectivity index (χ2v) is 10.4. The van der Waals surface area contributed by atoms with Crippen molar-refractivity contribution in [2.45, 2.75) is 12.8 Å². The zero-order valence-corrected chi connectivity index (χ0v) is 22.1. The summed E-state index contributed by atoms with van der Waals surface area (Å²) >= 11 is 6.12. The zero-order valence-electron chi connectivity index (χ0n) is 21.3. The van der Waals surface area contributed by atoms with Crippen LogP contribution in [-0.2, 0) is 6.42 Å². The Morgan fingerprint density at radius 3 is 2.47 bits per heavy atom. The molecule has 2 atom stereocenters. The molecule has 0 aromatic heterocycles. The lowest BCUT2D eigenvalue weighted by Crippen LogP contribution is -2.34. The molecule has 2 aliphatic heterocycles. The third kappa shape index (κ3) is 5.48. The number of methoxy groups -OCH3 is 1. The molecule has 2 fully saturated rings. The first-order chi connectivity index (χ1) is 18.4. The number of rotatable bonds is 8. The lowest BCUT2D eigenvalue weighted by molar-refractivity contribution is 0.0777. The van der Waals surface area contributed by atoms with E-state index in [1.165, 1.54) is 23.4 Å². The molecule has 2 amide bonds. The molecule has 0 aliphatic carbocycles. The van der Waals surface area contributed by atoms with Crippen molar-refractivity contribution in [2.24, 2.45) is 11.8 Å². The van der Waals surface area contributed by atoms with Crippen molar-refractivity contribution in [1.82, 2.24) is 10.2 Å². The molecule has 198 valence electrons. The zero-order chi connectivity index (χ0) is 26.6. The summed E-state index contributed by atoms with van der Waals surface area (Å²) in [6, 6.07) is 20.1. The van der Waals surface area contributed by atoms with Gasteiger partial charge in [-0.25, -0.2) is 4.39 Å². The third-order valence-electron chi connectivity index (χ3n) is 7.51. The molecule has 0 bridgehead atoms. The number of nitrogens with one attached hydrogen (secondary N) is 1. The Bertz CT molecular complexity index is 1300. The van der Waals surface area contributed by atoms with Crippen LogP contribution in [0.1, 0.15) is 32.7 Å². The monoisotopic (exact) mass is 535 g/mol. The minimum atomic E-state index is -0.572. The van der Waals surface area contributed by atoms with Crippen LogP contribution in [0.5, 0.6) is 5.75 Å². The maximum Gasteiger partial charge on any atom is 0.258 e. The highest BCUT2D eigenvalue weighted by Gasteiger charge is 2.42. The maximum absolute atomic E-state index is 14.3. The molecular formula is C30H31ClFN3O3. The second-order valence-electron chi connectivity index (χ2n) is 9.96. The van der Waals surface area contributed by atoms with E-state index in [0.29, 0.717) is 42.8 Å². The number of hydrogen-bond acceptors (Lipinski definition) is 4. The van der Waals surface area contributed by atoms with Crippen molar-refractivity contribution < 1.29 is 18.7 Å². The molecule has 8 heteroatoms. The second kappa shape index (κ2) is 11.4. The van der Waals surface area contributed by atoms with E-state index >= 15 is 0 Å². The summed E-state index contributed by atoms with van der Waals surface area (Å²) in [6.07, 6.45) is 1.68. The van der Waals surface area contributed by atoms with Gasteiger partial charge in [-0.2, -0.15) is 0 Å². The van der Waals surface area contributed by atoms with Gasteiger partial charge in [0.2, 0.25) is 0 Å². The van der Waals surface area contributed by atoms with Gasteiger partial charge in [-0.3, -0.25) is 9.59 Å². The van der Waals surface area contributed by atoms with Crippen molar-refractivity contribution in [3.63, 3.8) is 0 Å². The molecule has 0 saturated carbocycles. The lowest BCUT2D eigenvalue weighted by atomic mass is 10.0. The number of amides is 2. The number of hydrogen-bond donors (Lipinski definition) is 1. The average Bonchev–Trinajstić information content (AvgIpc) is 3.51. The van der Waals surface area contributed by atoms with Gasteiger partial charge in [0.15, 0.2) is 0 Å². The number of halogens is 2. The molecule has 2 heterocycles. The number of para-hydroxylation sites is 1. The van der Waals surface area contributed by atoms with E-state index in [1.54, 1.807) is 30.2 Å². The quantitative estimate of drug-likeness (QED) is 0.410. The summed E-state index contributed by atoms with van der Waals surface area (Å²) in [5.41, 5.74) is 2.90. The van der Waals surface area contributed by atoms with Gasteiger partial charge >= 0.3 is 0 Å². The summed E-state index contributed by atoms with van der Waals surface area (Å²) in [4.78, 5) is 29.6. The van der Waals surface area contributed by atoms with Crippen LogP contribution in [0.4, 0.5) is 10.1 Å². The fraction of sp³-hybridized carbons (Fsp3) is 0.333. The van der Waals surface area contributed by atoms with Gasteiger partial charge in [-0.15, -0.1) is 0 Å². The molecule has 0 radical (unpaired) electrons. The Morgan fingerprint density at radius 2 is 1.74 bits per heavy atom. The van der Waals surface area contributed by atoms with Crippen LogP contribution in [-0.4, -0.2) is 56.5 Å². The standard InChI is InChI=1S/C30H31ClFN3O3/c1-38-27-13-3-2-10-24(27)29(36)33-14-6-8-20-7-4-9-23(15-20)34-16-21-18-35(19-22(21)17-34)30(37)28-25(31)11-5-12-26(28)32/h2-5,7,9-13,15,21-22H,6,8,14,16-19H2,1H3,(H,33,36). The van der Waals surface area contributed by atoms with E-state index < -0.39 is 5.82 Å². The number of fused-ring (bicyclic) bond motifs is 1. The van der Waals surface area contributed by atoms with Crippen LogP contribution in [0.3, 0.4) is 0 Å². The van der Waals surface area contributed by atoms with Crippen molar-refractivity contribution in [2.75, 3.05) is 44.7 Å². The Kier molecular flexibility index (Phi) is 7.84. The smallest absolute Gasteiger partial charge is 0.258 e. The third-order valence-corrected chi connectivity index (χ3v) is 7.82. The summed E-state index contributed by atoms with van der Waals surface area (Å²) in [5, 5.41) is 3.14. The van der Waals surface area contributed by atoms with Gasteiger partial charge in [-0.1, -0.05) is 41.9 Å². The largest absolute Gasteiger partial charge is 0.496 e. The number of aryl methyl sites for hydroxylation is 1. The normalized spacial score (nSPS) is 18.4. The highest BCUT2D eigenvalue weighted by atomic mass is 35.5. The van der Waals surface area contributed by atoms with Crippen LogP contribution in [0.2, 0.25) is 5.02 Å². The fourth-order valence-electron chi connectivity index (χ4n) is 5.56. The number of carbonyl (C=O) groups is 2.